The van der Waals surface area contributed by atoms with E-state index >= 15 is 0 Å². The molecule has 3 N–H and O–H groups in total. The average Bonchev–Trinajstić information content (AvgIpc) is 3.25. The van der Waals surface area contributed by atoms with Gasteiger partial charge in [0.1, 0.15) is 10.3 Å². The first-order valence-corrected chi connectivity index (χ1v) is 11.5. The van der Waals surface area contributed by atoms with Crippen molar-refractivity contribution in [2.24, 2.45) is 0 Å². The molecule has 0 spiro atoms. The van der Waals surface area contributed by atoms with E-state index in [0.717, 1.165) is 16.9 Å². The molecular weight excluding hydrogens is 422 g/mol. The molecule has 3 aromatic rings. The van der Waals surface area contributed by atoms with Crippen molar-refractivity contribution in [3.8, 4) is 0 Å². The number of nitrogens with one attached hydrogen (secondary N) is 3. The van der Waals surface area contributed by atoms with Gasteiger partial charge in [-0.05, 0) is 47.7 Å². The summed E-state index contributed by atoms with van der Waals surface area (Å²) in [5.41, 5.74) is 1.91. The topological polar surface area (TPSA) is 104 Å². The first-order chi connectivity index (χ1) is 14.3. The minimum Gasteiger partial charge on any atom is -0.326 e. The molecule has 0 saturated heterocycles. The van der Waals surface area contributed by atoms with Gasteiger partial charge in [0.15, 0.2) is 0 Å². The van der Waals surface area contributed by atoms with Gasteiger partial charge in [0.2, 0.25) is 11.8 Å². The summed E-state index contributed by atoms with van der Waals surface area (Å²) in [6.07, 6.45) is 0.196. The Bertz CT molecular complexity index is 1100. The van der Waals surface area contributed by atoms with Crippen molar-refractivity contribution in [1.29, 1.82) is 0 Å². The van der Waals surface area contributed by atoms with E-state index < -0.39 is 22.0 Å². The van der Waals surface area contributed by atoms with Crippen LogP contribution in [-0.4, -0.2) is 26.3 Å². The third-order valence-electron chi connectivity index (χ3n) is 4.13. The Labute approximate surface area is 179 Å². The smallest absolute Gasteiger partial charge is 0.250 e. The zero-order valence-corrected chi connectivity index (χ0v) is 17.8. The molecule has 0 fully saturated rings. The Hall–Kier alpha value is -3.01. The molecule has 0 aliphatic carbocycles. The van der Waals surface area contributed by atoms with Crippen LogP contribution in [0.2, 0.25) is 0 Å². The summed E-state index contributed by atoms with van der Waals surface area (Å²) in [5, 5.41) is 7.04. The van der Waals surface area contributed by atoms with Crippen LogP contribution < -0.4 is 15.4 Å². The maximum absolute atomic E-state index is 12.9. The Morgan fingerprint density at radius 3 is 2.10 bits per heavy atom. The lowest BCUT2D eigenvalue weighted by Crippen LogP contribution is -2.45. The second kappa shape index (κ2) is 9.66. The van der Waals surface area contributed by atoms with Crippen molar-refractivity contribution in [2.75, 3.05) is 10.6 Å². The standard InChI is InChI=1S/C21H21N3O4S2/c1-15(25)22-17-9-11-18(12-10-17)23-21(26)19(14-16-6-3-2-4-7-16)24-30(27,28)20-8-5-13-29-20/h2-13,19,24H,14H2,1H3,(H,22,25)(H,23,26)/t19-/m1/s1. The zero-order chi connectivity index (χ0) is 21.6. The molecule has 0 aliphatic heterocycles. The number of carbonyl (C=O) groups is 2. The van der Waals surface area contributed by atoms with Crippen molar-refractivity contribution < 1.29 is 18.0 Å². The van der Waals surface area contributed by atoms with E-state index in [1.165, 1.54) is 13.0 Å². The predicted molar refractivity (Wildman–Crippen MR) is 118 cm³/mol. The van der Waals surface area contributed by atoms with Crippen LogP contribution in [-0.2, 0) is 26.0 Å². The fraction of sp³-hybridized carbons (Fsp3) is 0.143. The summed E-state index contributed by atoms with van der Waals surface area (Å²) in [6, 6.07) is 17.9. The van der Waals surface area contributed by atoms with Crippen LogP contribution in [0.4, 0.5) is 11.4 Å². The molecule has 9 heteroatoms. The quantitative estimate of drug-likeness (QED) is 0.497. The normalized spacial score (nSPS) is 12.2. The number of carbonyl (C=O) groups excluding carboxylic acids is 2. The van der Waals surface area contributed by atoms with Gasteiger partial charge in [-0.3, -0.25) is 9.59 Å². The van der Waals surface area contributed by atoms with Gasteiger partial charge < -0.3 is 10.6 Å². The van der Waals surface area contributed by atoms with Gasteiger partial charge in [-0.25, -0.2) is 8.42 Å². The molecule has 0 aliphatic rings. The maximum Gasteiger partial charge on any atom is 0.250 e. The van der Waals surface area contributed by atoms with Crippen LogP contribution >= 0.6 is 11.3 Å². The highest BCUT2D eigenvalue weighted by atomic mass is 32.2. The molecule has 156 valence electrons. The number of anilines is 2. The Kier molecular flexibility index (Phi) is 6.99. The molecule has 2 aromatic carbocycles. The number of benzene rings is 2. The Balaban J connectivity index is 1.78. The van der Waals surface area contributed by atoms with Crippen molar-refractivity contribution in [1.82, 2.24) is 4.72 Å². The fourth-order valence-corrected chi connectivity index (χ4v) is 4.97. The highest BCUT2D eigenvalue weighted by Crippen LogP contribution is 2.18. The molecule has 1 aromatic heterocycles. The zero-order valence-electron chi connectivity index (χ0n) is 16.2. The second-order valence-electron chi connectivity index (χ2n) is 6.54. The summed E-state index contributed by atoms with van der Waals surface area (Å²) >= 11 is 1.08. The van der Waals surface area contributed by atoms with Crippen LogP contribution in [0.5, 0.6) is 0 Å². The van der Waals surface area contributed by atoms with E-state index in [0.29, 0.717) is 11.4 Å². The highest BCUT2D eigenvalue weighted by Gasteiger charge is 2.26. The summed E-state index contributed by atoms with van der Waals surface area (Å²) in [4.78, 5) is 24.0. The van der Waals surface area contributed by atoms with E-state index in [4.69, 9.17) is 0 Å². The van der Waals surface area contributed by atoms with Gasteiger partial charge in [0, 0.05) is 18.3 Å². The lowest BCUT2D eigenvalue weighted by atomic mass is 10.1. The van der Waals surface area contributed by atoms with Gasteiger partial charge >= 0.3 is 0 Å². The van der Waals surface area contributed by atoms with E-state index in [2.05, 4.69) is 15.4 Å². The lowest BCUT2D eigenvalue weighted by molar-refractivity contribution is -0.117. The lowest BCUT2D eigenvalue weighted by Gasteiger charge is -2.18. The van der Waals surface area contributed by atoms with E-state index in [9.17, 15) is 18.0 Å². The molecule has 30 heavy (non-hydrogen) atoms. The van der Waals surface area contributed by atoms with E-state index in [1.54, 1.807) is 35.7 Å². The molecule has 2 amide bonds. The van der Waals surface area contributed by atoms with Crippen LogP contribution in [0.1, 0.15) is 12.5 Å². The number of thiophene rings is 1. The van der Waals surface area contributed by atoms with E-state index in [-0.39, 0.29) is 16.5 Å². The minimum atomic E-state index is -3.83. The summed E-state index contributed by atoms with van der Waals surface area (Å²) in [6.45, 7) is 1.41. The van der Waals surface area contributed by atoms with Crippen LogP contribution in [0.25, 0.3) is 0 Å². The number of sulfonamides is 1. The minimum absolute atomic E-state index is 0.146. The Morgan fingerprint density at radius 1 is 0.900 bits per heavy atom. The molecule has 3 rings (SSSR count). The molecule has 7 nitrogen and oxygen atoms in total. The van der Waals surface area contributed by atoms with Crippen molar-refractivity contribution in [3.63, 3.8) is 0 Å². The van der Waals surface area contributed by atoms with Gasteiger partial charge in [0.25, 0.3) is 10.0 Å². The average molecular weight is 444 g/mol. The second-order valence-corrected chi connectivity index (χ2v) is 9.43. The molecule has 0 bridgehead atoms. The number of hydrogen-bond acceptors (Lipinski definition) is 5. The van der Waals surface area contributed by atoms with Crippen LogP contribution in [0.3, 0.4) is 0 Å². The number of amides is 2. The SMILES string of the molecule is CC(=O)Nc1ccc(NC(=O)[C@@H](Cc2ccccc2)NS(=O)(=O)c2cccs2)cc1. The summed E-state index contributed by atoms with van der Waals surface area (Å²) in [5.74, 6) is -0.677. The van der Waals surface area contributed by atoms with Gasteiger partial charge in [-0.15, -0.1) is 11.3 Å². The first-order valence-electron chi connectivity index (χ1n) is 9.12. The van der Waals surface area contributed by atoms with Crippen molar-refractivity contribution >= 4 is 44.5 Å². The third kappa shape index (κ3) is 5.99. The van der Waals surface area contributed by atoms with Gasteiger partial charge in [0.05, 0.1) is 0 Å². The summed E-state index contributed by atoms with van der Waals surface area (Å²) < 4.78 is 28.0. The van der Waals surface area contributed by atoms with Gasteiger partial charge in [-0.1, -0.05) is 36.4 Å². The van der Waals surface area contributed by atoms with Crippen LogP contribution in [0, 0.1) is 0 Å². The molecular formula is C21H21N3O4S2. The van der Waals surface area contributed by atoms with E-state index in [1.807, 2.05) is 30.3 Å². The largest absolute Gasteiger partial charge is 0.326 e. The highest BCUT2D eigenvalue weighted by molar-refractivity contribution is 7.91. The Morgan fingerprint density at radius 2 is 1.53 bits per heavy atom. The third-order valence-corrected chi connectivity index (χ3v) is 7.00. The number of hydrogen-bond donors (Lipinski definition) is 3. The van der Waals surface area contributed by atoms with Crippen molar-refractivity contribution in [2.45, 2.75) is 23.6 Å². The molecule has 1 atom stereocenters. The maximum atomic E-state index is 12.9. The van der Waals surface area contributed by atoms with Gasteiger partial charge in [-0.2, -0.15) is 4.72 Å². The molecule has 1 heterocycles. The molecule has 0 saturated carbocycles. The summed E-state index contributed by atoms with van der Waals surface area (Å²) in [7, 11) is -3.83. The molecule has 0 radical (unpaired) electrons. The first kappa shape index (κ1) is 21.7. The monoisotopic (exact) mass is 443 g/mol. The number of rotatable bonds is 8. The fourth-order valence-electron chi connectivity index (χ4n) is 2.77. The predicted octanol–water partition coefficient (Wildman–Crippen LogP) is 3.23. The molecule has 0 unspecified atom stereocenters. The van der Waals surface area contributed by atoms with Crippen LogP contribution in [0.15, 0.2) is 76.3 Å². The van der Waals surface area contributed by atoms with Crippen molar-refractivity contribution in [3.05, 3.63) is 77.7 Å².